The number of rotatable bonds is 3. The van der Waals surface area contributed by atoms with E-state index in [1.54, 1.807) is 5.57 Å². The van der Waals surface area contributed by atoms with E-state index in [-0.39, 0.29) is 0 Å². The van der Waals surface area contributed by atoms with Gasteiger partial charge >= 0.3 is 0 Å². The van der Waals surface area contributed by atoms with Crippen molar-refractivity contribution in [3.05, 3.63) is 23.4 Å². The molecule has 1 rings (SSSR count). The van der Waals surface area contributed by atoms with Crippen molar-refractivity contribution >= 4 is 0 Å². The van der Waals surface area contributed by atoms with Crippen molar-refractivity contribution in [1.82, 2.24) is 4.90 Å². The first-order valence-corrected chi connectivity index (χ1v) is 5.26. The van der Waals surface area contributed by atoms with Gasteiger partial charge in [0.2, 0.25) is 0 Å². The van der Waals surface area contributed by atoms with Crippen LogP contribution in [0, 0.1) is 0 Å². The van der Waals surface area contributed by atoms with Gasteiger partial charge in [-0.3, -0.25) is 0 Å². The molecule has 1 fully saturated rings. The highest BCUT2D eigenvalue weighted by Crippen LogP contribution is 2.37. The fraction of sp³-hybridized carbons (Fsp3) is 0.667. The normalized spacial score (nSPS) is 28.1. The van der Waals surface area contributed by atoms with E-state index < -0.39 is 0 Å². The third kappa shape index (κ3) is 1.79. The molecule has 0 N–H and O–H groups in total. The number of hydrogen-bond acceptors (Lipinski definition) is 1. The van der Waals surface area contributed by atoms with E-state index in [1.807, 2.05) is 0 Å². The van der Waals surface area contributed by atoms with Gasteiger partial charge in [0.15, 0.2) is 0 Å². The van der Waals surface area contributed by atoms with Crippen LogP contribution in [0.25, 0.3) is 0 Å². The Morgan fingerprint density at radius 3 is 2.46 bits per heavy atom. The van der Waals surface area contributed by atoms with Crippen LogP contribution in [0.4, 0.5) is 0 Å². The Bertz CT molecular complexity index is 238. The van der Waals surface area contributed by atoms with Crippen LogP contribution in [0.5, 0.6) is 0 Å². The van der Waals surface area contributed by atoms with Gasteiger partial charge in [0, 0.05) is 11.7 Å². The molecule has 2 unspecified atom stereocenters. The summed E-state index contributed by atoms with van der Waals surface area (Å²) in [6, 6.07) is 1.26. The van der Waals surface area contributed by atoms with Crippen LogP contribution in [0.1, 0.15) is 41.0 Å². The minimum atomic E-state index is 0.594. The van der Waals surface area contributed by atoms with E-state index in [9.17, 15) is 0 Å². The molecule has 0 aromatic carbocycles. The maximum atomic E-state index is 2.48. The number of allylic oxidation sites excluding steroid dienone is 2. The van der Waals surface area contributed by atoms with Gasteiger partial charge in [-0.15, -0.1) is 0 Å². The van der Waals surface area contributed by atoms with Crippen LogP contribution >= 0.6 is 0 Å². The van der Waals surface area contributed by atoms with Crippen molar-refractivity contribution in [2.45, 2.75) is 53.1 Å². The van der Waals surface area contributed by atoms with E-state index in [2.05, 4.69) is 51.7 Å². The molecular formula is C12H21N. The Balaban J connectivity index is 2.65. The highest BCUT2D eigenvalue weighted by atomic mass is 15.3. The third-order valence-electron chi connectivity index (χ3n) is 3.10. The van der Waals surface area contributed by atoms with E-state index >= 15 is 0 Å². The molecule has 74 valence electrons. The van der Waals surface area contributed by atoms with Crippen molar-refractivity contribution in [1.29, 1.82) is 0 Å². The van der Waals surface area contributed by atoms with Gasteiger partial charge < -0.3 is 4.90 Å². The summed E-state index contributed by atoms with van der Waals surface area (Å²) in [6.07, 6.45) is 5.64. The number of hydrogen-bond donors (Lipinski definition) is 0. The molecule has 1 heterocycles. The summed E-state index contributed by atoms with van der Waals surface area (Å²) >= 11 is 0. The molecule has 1 heteroatoms. The zero-order valence-corrected chi connectivity index (χ0v) is 9.46. The minimum absolute atomic E-state index is 0.594. The minimum Gasteiger partial charge on any atom is -0.359 e. The first-order valence-electron chi connectivity index (χ1n) is 5.26. The van der Waals surface area contributed by atoms with Gasteiger partial charge in [-0.2, -0.15) is 0 Å². The summed E-state index contributed by atoms with van der Waals surface area (Å²) in [7, 11) is 0. The van der Waals surface area contributed by atoms with Gasteiger partial charge in [-0.25, -0.2) is 0 Å². The van der Waals surface area contributed by atoms with Crippen LogP contribution in [-0.2, 0) is 0 Å². The highest BCUT2D eigenvalue weighted by Gasteiger charge is 2.39. The summed E-state index contributed by atoms with van der Waals surface area (Å²) in [5, 5.41) is 0. The largest absolute Gasteiger partial charge is 0.359 e. The fourth-order valence-corrected chi connectivity index (χ4v) is 2.21. The molecule has 0 amide bonds. The molecule has 1 nitrogen and oxygen atoms in total. The lowest BCUT2D eigenvalue weighted by Gasteiger charge is -2.17. The van der Waals surface area contributed by atoms with Crippen LogP contribution < -0.4 is 0 Å². The van der Waals surface area contributed by atoms with Crippen molar-refractivity contribution in [3.63, 3.8) is 0 Å². The fourth-order valence-electron chi connectivity index (χ4n) is 2.21. The Kier molecular flexibility index (Phi) is 3.18. The molecule has 0 aromatic rings. The molecule has 13 heavy (non-hydrogen) atoms. The Morgan fingerprint density at radius 1 is 1.54 bits per heavy atom. The lowest BCUT2D eigenvalue weighted by molar-refractivity contribution is 0.453. The van der Waals surface area contributed by atoms with Crippen molar-refractivity contribution in [2.75, 3.05) is 0 Å². The van der Waals surface area contributed by atoms with Gasteiger partial charge in [0.1, 0.15) is 0 Å². The second-order valence-corrected chi connectivity index (χ2v) is 3.69. The Hall–Kier alpha value is -0.720. The molecule has 1 saturated heterocycles. The van der Waals surface area contributed by atoms with E-state index in [0.717, 1.165) is 6.42 Å². The molecule has 0 aliphatic carbocycles. The van der Waals surface area contributed by atoms with Crippen LogP contribution in [0.15, 0.2) is 23.4 Å². The highest BCUT2D eigenvalue weighted by molar-refractivity contribution is 5.30. The number of nitrogens with zero attached hydrogens (tertiary/aromatic N) is 1. The molecule has 1 aliphatic rings. The molecule has 0 spiro atoms. The zero-order chi connectivity index (χ0) is 10.0. The molecule has 0 aromatic heterocycles. The van der Waals surface area contributed by atoms with Crippen LogP contribution in [0.2, 0.25) is 0 Å². The standard InChI is InChI=1S/C12H21N/c1-6-11(7-2)9(4)13-10(5)12(13)8-3/h6,8-10H,7H2,1-5H3/b11-6-,12-8-. The average molecular weight is 179 g/mol. The van der Waals surface area contributed by atoms with E-state index in [0.29, 0.717) is 12.1 Å². The van der Waals surface area contributed by atoms with Crippen molar-refractivity contribution < 1.29 is 0 Å². The van der Waals surface area contributed by atoms with Gasteiger partial charge in [-0.1, -0.05) is 24.6 Å². The first kappa shape index (κ1) is 10.4. The molecular weight excluding hydrogens is 158 g/mol. The average Bonchev–Trinajstić information content (AvgIpc) is 2.78. The lowest BCUT2D eigenvalue weighted by atomic mass is 10.1. The Morgan fingerprint density at radius 2 is 2.15 bits per heavy atom. The summed E-state index contributed by atoms with van der Waals surface area (Å²) in [6.45, 7) is 11.1. The monoisotopic (exact) mass is 179 g/mol. The van der Waals surface area contributed by atoms with Gasteiger partial charge in [0.25, 0.3) is 0 Å². The summed E-state index contributed by atoms with van der Waals surface area (Å²) in [5.74, 6) is 0. The summed E-state index contributed by atoms with van der Waals surface area (Å²) < 4.78 is 0. The predicted molar refractivity (Wildman–Crippen MR) is 58.6 cm³/mol. The van der Waals surface area contributed by atoms with Crippen molar-refractivity contribution in [2.24, 2.45) is 0 Å². The third-order valence-corrected chi connectivity index (χ3v) is 3.10. The lowest BCUT2D eigenvalue weighted by Crippen LogP contribution is -2.18. The molecule has 2 atom stereocenters. The smallest absolute Gasteiger partial charge is 0.0663 e. The topological polar surface area (TPSA) is 3.01 Å². The maximum Gasteiger partial charge on any atom is 0.0663 e. The second-order valence-electron chi connectivity index (χ2n) is 3.69. The molecule has 0 radical (unpaired) electrons. The zero-order valence-electron chi connectivity index (χ0n) is 9.46. The van der Waals surface area contributed by atoms with Crippen LogP contribution in [-0.4, -0.2) is 17.0 Å². The summed E-state index contributed by atoms with van der Waals surface area (Å²) in [4.78, 5) is 2.48. The molecule has 1 aliphatic heterocycles. The summed E-state index contributed by atoms with van der Waals surface area (Å²) in [5.41, 5.74) is 3.05. The SMILES string of the molecule is C/C=C(/CC)C(C)N1/C(=C\C)C1C. The van der Waals surface area contributed by atoms with Gasteiger partial charge in [0.05, 0.1) is 6.04 Å². The predicted octanol–water partition coefficient (Wildman–Crippen LogP) is 3.34. The van der Waals surface area contributed by atoms with Crippen molar-refractivity contribution in [3.8, 4) is 0 Å². The van der Waals surface area contributed by atoms with E-state index in [4.69, 9.17) is 0 Å². The van der Waals surface area contributed by atoms with Gasteiger partial charge in [-0.05, 0) is 34.1 Å². The maximum absolute atomic E-state index is 2.48. The van der Waals surface area contributed by atoms with E-state index in [1.165, 1.54) is 5.70 Å². The molecule has 0 bridgehead atoms. The van der Waals surface area contributed by atoms with Crippen LogP contribution in [0.3, 0.4) is 0 Å². The Labute approximate surface area is 82.1 Å². The first-order chi connectivity index (χ1) is 6.17. The quantitative estimate of drug-likeness (QED) is 0.474. The molecule has 0 saturated carbocycles. The second kappa shape index (κ2) is 3.99.